The van der Waals surface area contributed by atoms with Crippen LogP contribution in [0.3, 0.4) is 0 Å². The Bertz CT molecular complexity index is 285. The van der Waals surface area contributed by atoms with Crippen LogP contribution in [0, 0.1) is 0 Å². The number of hydrazone groups is 1. The van der Waals surface area contributed by atoms with Crippen LogP contribution < -0.4 is 11.6 Å². The Morgan fingerprint density at radius 3 is 3.00 bits per heavy atom. The second-order valence-corrected chi connectivity index (χ2v) is 4.10. The van der Waals surface area contributed by atoms with Crippen molar-refractivity contribution in [2.45, 2.75) is 5.75 Å². The fraction of sp³-hybridized carbons (Fsp3) is 0.250. The summed E-state index contributed by atoms with van der Waals surface area (Å²) in [4.78, 5) is 0. The molecule has 0 aliphatic heterocycles. The smallest absolute Gasteiger partial charge is 0.177 e. The lowest BCUT2D eigenvalue weighted by molar-refractivity contribution is 1.08. The Hall–Kier alpha value is -0.530. The molecule has 0 spiro atoms. The molecule has 4 N–H and O–H groups in total. The average Bonchev–Trinajstić information content (AvgIpc) is 2.47. The minimum atomic E-state index is 0.305. The van der Waals surface area contributed by atoms with Gasteiger partial charge in [-0.05, 0) is 0 Å². The highest BCUT2D eigenvalue weighted by Gasteiger charge is 2.05. The van der Waals surface area contributed by atoms with Crippen LogP contribution in [0.25, 0.3) is 0 Å². The van der Waals surface area contributed by atoms with Crippen molar-refractivity contribution in [3.05, 3.63) is 10.0 Å². The number of nitrogens with zero attached hydrogens (tertiary/aromatic N) is 3. The molecule has 0 saturated heterocycles. The number of amidine groups is 1. The molecule has 0 aromatic carbocycles. The van der Waals surface area contributed by atoms with E-state index in [4.69, 9.17) is 23.2 Å². The van der Waals surface area contributed by atoms with E-state index >= 15 is 0 Å². The van der Waals surface area contributed by atoms with Crippen molar-refractivity contribution in [1.29, 1.82) is 0 Å². The van der Waals surface area contributed by atoms with E-state index in [1.165, 1.54) is 11.8 Å². The van der Waals surface area contributed by atoms with E-state index in [1.54, 1.807) is 0 Å². The summed E-state index contributed by atoms with van der Waals surface area (Å²) >= 11 is 8.15. The molecule has 0 unspecified atom stereocenters. The first-order valence-electron chi connectivity index (χ1n) is 2.87. The van der Waals surface area contributed by atoms with E-state index in [9.17, 15) is 0 Å². The normalized spacial score (nSPS) is 11.9. The number of nitrogens with two attached hydrogens (primary N) is 2. The van der Waals surface area contributed by atoms with Crippen LogP contribution in [0.15, 0.2) is 5.10 Å². The molecule has 1 rings (SSSR count). The Morgan fingerprint density at radius 1 is 1.75 bits per heavy atom. The van der Waals surface area contributed by atoms with Crippen molar-refractivity contribution in [3.8, 4) is 0 Å². The summed E-state index contributed by atoms with van der Waals surface area (Å²) in [5, 5.41) is 7.38. The van der Waals surface area contributed by atoms with Crippen LogP contribution in [0.4, 0.5) is 0 Å². The summed E-state index contributed by atoms with van der Waals surface area (Å²) < 4.78 is 4.24. The van der Waals surface area contributed by atoms with Crippen LogP contribution in [-0.2, 0) is 5.75 Å². The van der Waals surface area contributed by atoms with Crippen molar-refractivity contribution in [2.75, 3.05) is 0 Å². The molecule has 5 nitrogen and oxygen atoms in total. The maximum absolute atomic E-state index is 5.73. The number of hydrogen-bond acceptors (Lipinski definition) is 6. The first-order valence-corrected chi connectivity index (χ1v) is 5.00. The van der Waals surface area contributed by atoms with Crippen LogP contribution in [0.5, 0.6) is 0 Å². The minimum Gasteiger partial charge on any atom is -0.377 e. The summed E-state index contributed by atoms with van der Waals surface area (Å²) in [5.41, 5.74) is 6.05. The van der Waals surface area contributed by atoms with E-state index in [1.807, 2.05) is 0 Å². The Labute approximate surface area is 82.3 Å². The number of aromatic nitrogens is 2. The first kappa shape index (κ1) is 9.56. The zero-order valence-electron chi connectivity index (χ0n) is 5.90. The van der Waals surface area contributed by atoms with Gasteiger partial charge in [0.25, 0.3) is 0 Å². The van der Waals surface area contributed by atoms with Gasteiger partial charge in [0.1, 0.15) is 10.0 Å². The molecule has 1 aromatic heterocycles. The van der Waals surface area contributed by atoms with Crippen molar-refractivity contribution >= 4 is 40.1 Å². The van der Waals surface area contributed by atoms with E-state index < -0.39 is 0 Å². The summed E-state index contributed by atoms with van der Waals surface area (Å²) in [6.07, 6.45) is 0. The third-order valence-corrected chi connectivity index (χ3v) is 2.80. The van der Waals surface area contributed by atoms with E-state index in [0.29, 0.717) is 21.0 Å². The van der Waals surface area contributed by atoms with Crippen LogP contribution in [0.2, 0.25) is 4.34 Å². The quantitative estimate of drug-likeness (QED) is 0.332. The molecule has 66 valence electrons. The Kier molecular flexibility index (Phi) is 3.57. The maximum atomic E-state index is 5.73. The first-order chi connectivity index (χ1) is 5.74. The lowest BCUT2D eigenvalue weighted by atomic mass is 10.6. The number of thioether (sulfide) groups is 1. The monoisotopic (exact) mass is 223 g/mol. The lowest BCUT2D eigenvalue weighted by Gasteiger charge is -1.94. The van der Waals surface area contributed by atoms with Gasteiger partial charge in [0, 0.05) is 17.3 Å². The van der Waals surface area contributed by atoms with E-state index in [2.05, 4.69) is 14.7 Å². The third-order valence-electron chi connectivity index (χ3n) is 0.993. The SMILES string of the molecule is N/N=C(\N)SCc1nnsc1Cl. The third kappa shape index (κ3) is 2.50. The molecule has 0 bridgehead atoms. The topological polar surface area (TPSA) is 90.2 Å². The summed E-state index contributed by atoms with van der Waals surface area (Å²) in [6.45, 7) is 0. The molecule has 12 heavy (non-hydrogen) atoms. The average molecular weight is 224 g/mol. The molecule has 0 fully saturated rings. The van der Waals surface area contributed by atoms with Crippen LogP contribution in [-0.4, -0.2) is 14.8 Å². The number of halogens is 1. The molecule has 0 saturated carbocycles. The highest BCUT2D eigenvalue weighted by atomic mass is 35.5. The summed E-state index contributed by atoms with van der Waals surface area (Å²) in [6, 6.07) is 0. The van der Waals surface area contributed by atoms with Gasteiger partial charge in [-0.15, -0.1) is 5.10 Å². The minimum absolute atomic E-state index is 0.305. The molecular weight excluding hydrogens is 218 g/mol. The number of hydrogen-bond donors (Lipinski definition) is 2. The second kappa shape index (κ2) is 4.48. The van der Waals surface area contributed by atoms with Crippen molar-refractivity contribution < 1.29 is 0 Å². The molecule has 0 amide bonds. The van der Waals surface area contributed by atoms with Gasteiger partial charge in [-0.25, -0.2) is 0 Å². The van der Waals surface area contributed by atoms with Crippen LogP contribution in [0.1, 0.15) is 5.69 Å². The van der Waals surface area contributed by atoms with Gasteiger partial charge in [0.2, 0.25) is 0 Å². The van der Waals surface area contributed by atoms with Gasteiger partial charge in [-0.2, -0.15) is 5.10 Å². The molecule has 8 heteroatoms. The maximum Gasteiger partial charge on any atom is 0.177 e. The highest BCUT2D eigenvalue weighted by molar-refractivity contribution is 8.13. The molecule has 0 atom stereocenters. The summed E-state index contributed by atoms with van der Waals surface area (Å²) in [5.74, 6) is 5.47. The van der Waals surface area contributed by atoms with Gasteiger partial charge in [-0.1, -0.05) is 27.9 Å². The van der Waals surface area contributed by atoms with Crippen LogP contribution >= 0.6 is 34.9 Å². The van der Waals surface area contributed by atoms with Gasteiger partial charge >= 0.3 is 0 Å². The molecule has 0 radical (unpaired) electrons. The van der Waals surface area contributed by atoms with E-state index in [0.717, 1.165) is 11.5 Å². The van der Waals surface area contributed by atoms with Gasteiger partial charge in [0.05, 0.1) is 0 Å². The van der Waals surface area contributed by atoms with Gasteiger partial charge < -0.3 is 11.6 Å². The predicted octanol–water partition coefficient (Wildman–Crippen LogP) is 0.613. The molecule has 0 aliphatic rings. The van der Waals surface area contributed by atoms with Crippen molar-refractivity contribution in [3.63, 3.8) is 0 Å². The molecule has 1 aromatic rings. The van der Waals surface area contributed by atoms with Crippen molar-refractivity contribution in [2.24, 2.45) is 16.7 Å². The fourth-order valence-electron chi connectivity index (χ4n) is 0.463. The zero-order chi connectivity index (χ0) is 8.97. The van der Waals surface area contributed by atoms with E-state index in [-0.39, 0.29) is 0 Å². The fourth-order valence-corrected chi connectivity index (χ4v) is 1.82. The van der Waals surface area contributed by atoms with Crippen molar-refractivity contribution in [1.82, 2.24) is 9.59 Å². The summed E-state index contributed by atoms with van der Waals surface area (Å²) in [7, 11) is 0. The molecule has 0 aliphatic carbocycles. The molecular formula is C4H6ClN5S2. The Balaban J connectivity index is 2.49. The number of rotatable bonds is 2. The Morgan fingerprint density at radius 2 is 2.50 bits per heavy atom. The largest absolute Gasteiger partial charge is 0.377 e. The van der Waals surface area contributed by atoms with Gasteiger partial charge in [-0.3, -0.25) is 0 Å². The molecule has 1 heterocycles. The lowest BCUT2D eigenvalue weighted by Crippen LogP contribution is -2.09. The standard InChI is InChI=1S/C4H6ClN5S2/c5-3-2(9-10-12-3)1-11-4(6)8-7/h1,7H2,(H2,6,8). The van der Waals surface area contributed by atoms with Gasteiger partial charge in [0.15, 0.2) is 5.17 Å². The second-order valence-electron chi connectivity index (χ2n) is 1.75. The zero-order valence-corrected chi connectivity index (χ0v) is 8.29. The highest BCUT2D eigenvalue weighted by Crippen LogP contribution is 2.21. The predicted molar refractivity (Wildman–Crippen MR) is 52.0 cm³/mol.